The molecule has 0 aliphatic carbocycles. The number of hydrogen-bond acceptors (Lipinski definition) is 3. The first kappa shape index (κ1) is 15.0. The Labute approximate surface area is 135 Å². The molecule has 2 aromatic rings. The second kappa shape index (κ2) is 6.88. The maximum atomic E-state index is 12.5. The third-order valence-corrected chi connectivity index (χ3v) is 4.86. The summed E-state index contributed by atoms with van der Waals surface area (Å²) in [7, 11) is 1.66. The summed E-state index contributed by atoms with van der Waals surface area (Å²) in [5.41, 5.74) is 2.22. The largest absolute Gasteiger partial charge is 0.497 e. The number of amides is 1. The average Bonchev–Trinajstić information content (AvgIpc) is 2.59. The first-order valence-corrected chi connectivity index (χ1v) is 8.41. The van der Waals surface area contributed by atoms with E-state index in [0.717, 1.165) is 35.7 Å². The molecule has 1 aliphatic rings. The Kier molecular flexibility index (Phi) is 4.68. The maximum Gasteiger partial charge on any atom is 0.227 e. The molecule has 1 amide bonds. The second-order valence-corrected chi connectivity index (χ2v) is 6.35. The lowest BCUT2D eigenvalue weighted by Crippen LogP contribution is -2.35. The van der Waals surface area contributed by atoms with E-state index < -0.39 is 0 Å². The SMILES string of the molecule is COc1ccc(CCC(=O)N2CCSc3ccccc32)cc1. The summed E-state index contributed by atoms with van der Waals surface area (Å²) in [6.45, 7) is 0.795. The molecule has 3 rings (SSSR count). The molecule has 4 heteroatoms. The van der Waals surface area contributed by atoms with E-state index in [2.05, 4.69) is 6.07 Å². The van der Waals surface area contributed by atoms with Crippen molar-refractivity contribution in [3.63, 3.8) is 0 Å². The Balaban J connectivity index is 1.65. The van der Waals surface area contributed by atoms with Crippen LogP contribution in [0.1, 0.15) is 12.0 Å². The highest BCUT2D eigenvalue weighted by Gasteiger charge is 2.22. The van der Waals surface area contributed by atoms with E-state index in [0.29, 0.717) is 6.42 Å². The molecule has 0 saturated heterocycles. The smallest absolute Gasteiger partial charge is 0.227 e. The van der Waals surface area contributed by atoms with Crippen molar-refractivity contribution in [2.75, 3.05) is 24.3 Å². The van der Waals surface area contributed by atoms with Crippen LogP contribution in [0.3, 0.4) is 0 Å². The zero-order valence-corrected chi connectivity index (χ0v) is 13.4. The number of anilines is 1. The Bertz CT molecular complexity index is 654. The summed E-state index contributed by atoms with van der Waals surface area (Å²) in [6, 6.07) is 16.1. The van der Waals surface area contributed by atoms with Crippen LogP contribution in [-0.2, 0) is 11.2 Å². The Morgan fingerprint density at radius 2 is 1.95 bits per heavy atom. The van der Waals surface area contributed by atoms with E-state index in [1.165, 1.54) is 4.90 Å². The molecule has 0 aromatic heterocycles. The van der Waals surface area contributed by atoms with Gasteiger partial charge in [0.15, 0.2) is 0 Å². The van der Waals surface area contributed by atoms with Gasteiger partial charge in [0.1, 0.15) is 5.75 Å². The first-order chi connectivity index (χ1) is 10.8. The zero-order chi connectivity index (χ0) is 15.4. The summed E-state index contributed by atoms with van der Waals surface area (Å²) in [6.07, 6.45) is 1.29. The molecular formula is C18H19NO2S. The number of fused-ring (bicyclic) bond motifs is 1. The summed E-state index contributed by atoms with van der Waals surface area (Å²) >= 11 is 1.82. The lowest BCUT2D eigenvalue weighted by atomic mass is 10.1. The van der Waals surface area contributed by atoms with Gasteiger partial charge in [-0.1, -0.05) is 24.3 Å². The monoisotopic (exact) mass is 313 g/mol. The standard InChI is InChI=1S/C18H19NO2S/c1-21-15-9-6-14(7-10-15)8-11-18(20)19-12-13-22-17-5-3-2-4-16(17)19/h2-7,9-10H,8,11-13H2,1H3. The van der Waals surface area contributed by atoms with E-state index in [1.54, 1.807) is 7.11 Å². The van der Waals surface area contributed by atoms with Crippen LogP contribution in [0.4, 0.5) is 5.69 Å². The number of ether oxygens (including phenoxy) is 1. The van der Waals surface area contributed by atoms with Crippen LogP contribution in [0.5, 0.6) is 5.75 Å². The fourth-order valence-electron chi connectivity index (χ4n) is 2.61. The summed E-state index contributed by atoms with van der Waals surface area (Å²) in [4.78, 5) is 15.7. The van der Waals surface area contributed by atoms with E-state index in [9.17, 15) is 4.79 Å². The van der Waals surface area contributed by atoms with E-state index in [4.69, 9.17) is 4.74 Å². The van der Waals surface area contributed by atoms with Crippen LogP contribution in [0.2, 0.25) is 0 Å². The van der Waals surface area contributed by atoms with Crippen molar-refractivity contribution < 1.29 is 9.53 Å². The predicted molar refractivity (Wildman–Crippen MR) is 90.8 cm³/mol. The quantitative estimate of drug-likeness (QED) is 0.860. The fraction of sp³-hybridized carbons (Fsp3) is 0.278. The van der Waals surface area contributed by atoms with Crippen LogP contribution in [0.25, 0.3) is 0 Å². The number of para-hydroxylation sites is 1. The molecule has 3 nitrogen and oxygen atoms in total. The summed E-state index contributed by atoms with van der Waals surface area (Å²) in [5, 5.41) is 0. The molecular weight excluding hydrogens is 294 g/mol. The highest BCUT2D eigenvalue weighted by molar-refractivity contribution is 7.99. The van der Waals surface area contributed by atoms with Crippen LogP contribution in [0, 0.1) is 0 Å². The van der Waals surface area contributed by atoms with E-state index in [-0.39, 0.29) is 5.91 Å². The van der Waals surface area contributed by atoms with Gasteiger partial charge in [-0.3, -0.25) is 4.79 Å². The lowest BCUT2D eigenvalue weighted by Gasteiger charge is -2.29. The zero-order valence-electron chi connectivity index (χ0n) is 12.6. The van der Waals surface area contributed by atoms with Crippen molar-refractivity contribution in [3.8, 4) is 5.75 Å². The van der Waals surface area contributed by atoms with Crippen LogP contribution in [-0.4, -0.2) is 25.3 Å². The Morgan fingerprint density at radius 1 is 1.18 bits per heavy atom. The molecule has 0 unspecified atom stereocenters. The van der Waals surface area contributed by atoms with Gasteiger partial charge < -0.3 is 9.64 Å². The molecule has 0 atom stereocenters. The topological polar surface area (TPSA) is 29.5 Å². The molecule has 0 fully saturated rings. The van der Waals surface area contributed by atoms with Gasteiger partial charge in [-0.2, -0.15) is 0 Å². The van der Waals surface area contributed by atoms with Crippen molar-refractivity contribution in [2.24, 2.45) is 0 Å². The molecule has 0 radical (unpaired) electrons. The van der Waals surface area contributed by atoms with Crippen LogP contribution in [0.15, 0.2) is 53.4 Å². The first-order valence-electron chi connectivity index (χ1n) is 7.43. The normalized spacial score (nSPS) is 13.6. The summed E-state index contributed by atoms with van der Waals surface area (Å²) in [5.74, 6) is 2.01. The van der Waals surface area contributed by atoms with Crippen LogP contribution >= 0.6 is 11.8 Å². The predicted octanol–water partition coefficient (Wildman–Crippen LogP) is 3.77. The molecule has 22 heavy (non-hydrogen) atoms. The van der Waals surface area contributed by atoms with Gasteiger partial charge in [-0.15, -0.1) is 11.8 Å². The molecule has 0 saturated carbocycles. The van der Waals surface area contributed by atoms with Gasteiger partial charge in [0.05, 0.1) is 12.8 Å². The number of nitrogens with zero attached hydrogens (tertiary/aromatic N) is 1. The number of thioether (sulfide) groups is 1. The number of carbonyl (C=O) groups is 1. The number of methoxy groups -OCH3 is 1. The van der Waals surface area contributed by atoms with Crippen LogP contribution < -0.4 is 9.64 Å². The van der Waals surface area contributed by atoms with Crippen molar-refractivity contribution in [3.05, 3.63) is 54.1 Å². The highest BCUT2D eigenvalue weighted by atomic mass is 32.2. The minimum absolute atomic E-state index is 0.198. The minimum atomic E-state index is 0.198. The van der Waals surface area contributed by atoms with Crippen molar-refractivity contribution in [1.82, 2.24) is 0 Å². The van der Waals surface area contributed by atoms with Crippen molar-refractivity contribution in [1.29, 1.82) is 0 Å². The van der Waals surface area contributed by atoms with E-state index >= 15 is 0 Å². The number of hydrogen-bond donors (Lipinski definition) is 0. The Hall–Kier alpha value is -1.94. The van der Waals surface area contributed by atoms with Gasteiger partial charge in [0.2, 0.25) is 5.91 Å². The van der Waals surface area contributed by atoms with Gasteiger partial charge in [-0.05, 0) is 36.2 Å². The molecule has 114 valence electrons. The average molecular weight is 313 g/mol. The van der Waals surface area contributed by atoms with Gasteiger partial charge >= 0.3 is 0 Å². The fourth-order valence-corrected chi connectivity index (χ4v) is 3.60. The highest BCUT2D eigenvalue weighted by Crippen LogP contribution is 2.34. The number of benzene rings is 2. The molecule has 0 spiro atoms. The maximum absolute atomic E-state index is 12.5. The van der Waals surface area contributed by atoms with Crippen molar-refractivity contribution in [2.45, 2.75) is 17.7 Å². The second-order valence-electron chi connectivity index (χ2n) is 5.21. The van der Waals surface area contributed by atoms with E-state index in [1.807, 2.05) is 59.1 Å². The molecule has 2 aromatic carbocycles. The summed E-state index contributed by atoms with van der Waals surface area (Å²) < 4.78 is 5.15. The molecule has 0 bridgehead atoms. The van der Waals surface area contributed by atoms with Gasteiger partial charge in [0, 0.05) is 23.6 Å². The number of carbonyl (C=O) groups excluding carboxylic acids is 1. The van der Waals surface area contributed by atoms with Gasteiger partial charge in [-0.25, -0.2) is 0 Å². The Morgan fingerprint density at radius 3 is 2.73 bits per heavy atom. The molecule has 0 N–H and O–H groups in total. The minimum Gasteiger partial charge on any atom is -0.497 e. The number of rotatable bonds is 4. The van der Waals surface area contributed by atoms with Crippen molar-refractivity contribution >= 4 is 23.4 Å². The molecule has 1 aliphatic heterocycles. The number of aryl methyl sites for hydroxylation is 1. The third-order valence-electron chi connectivity index (χ3n) is 3.82. The lowest BCUT2D eigenvalue weighted by molar-refractivity contribution is -0.118. The molecule has 1 heterocycles. The van der Waals surface area contributed by atoms with Gasteiger partial charge in [0.25, 0.3) is 0 Å². The third kappa shape index (κ3) is 3.28.